The molecule has 0 aliphatic heterocycles. The van der Waals surface area contributed by atoms with Crippen molar-refractivity contribution in [2.24, 2.45) is 0 Å². The lowest BCUT2D eigenvalue weighted by atomic mass is 10.1. The number of hydrogen-bond donors (Lipinski definition) is 2. The van der Waals surface area contributed by atoms with Gasteiger partial charge in [-0.15, -0.1) is 0 Å². The fourth-order valence-electron chi connectivity index (χ4n) is 1.04. The summed E-state index contributed by atoms with van der Waals surface area (Å²) in [5.41, 5.74) is 0. The minimum absolute atomic E-state index is 0.232. The van der Waals surface area contributed by atoms with Gasteiger partial charge in [0.1, 0.15) is 6.10 Å². The molecule has 0 aromatic heterocycles. The number of hydrogen-bond acceptors (Lipinski definition) is 3. The van der Waals surface area contributed by atoms with Crippen molar-refractivity contribution in [3.05, 3.63) is 0 Å². The molecule has 3 unspecified atom stereocenters. The zero-order valence-electron chi connectivity index (χ0n) is 8.16. The van der Waals surface area contributed by atoms with Crippen LogP contribution in [0.4, 0.5) is 0 Å². The van der Waals surface area contributed by atoms with Crippen molar-refractivity contribution in [3.8, 4) is 0 Å². The van der Waals surface area contributed by atoms with Gasteiger partial charge < -0.3 is 14.9 Å². The molecule has 12 heavy (non-hydrogen) atoms. The third-order valence-corrected chi connectivity index (χ3v) is 1.81. The van der Waals surface area contributed by atoms with Gasteiger partial charge >= 0.3 is 0 Å². The van der Waals surface area contributed by atoms with Crippen molar-refractivity contribution in [2.45, 2.75) is 51.9 Å². The van der Waals surface area contributed by atoms with E-state index < -0.39 is 12.2 Å². The lowest BCUT2D eigenvalue weighted by Crippen LogP contribution is -2.37. The van der Waals surface area contributed by atoms with Crippen molar-refractivity contribution in [1.82, 2.24) is 0 Å². The summed E-state index contributed by atoms with van der Waals surface area (Å²) in [5.74, 6) is 0. The molecule has 0 bridgehead atoms. The summed E-state index contributed by atoms with van der Waals surface area (Å²) in [5, 5.41) is 18.5. The molecular formula is C9H20O3. The molecule has 0 radical (unpaired) electrons. The van der Waals surface area contributed by atoms with Crippen molar-refractivity contribution in [2.75, 3.05) is 6.61 Å². The summed E-state index contributed by atoms with van der Waals surface area (Å²) >= 11 is 0. The van der Waals surface area contributed by atoms with Gasteiger partial charge in [0.15, 0.2) is 0 Å². The van der Waals surface area contributed by atoms with E-state index in [9.17, 15) is 5.11 Å². The molecule has 74 valence electrons. The molecule has 0 rings (SSSR count). The zero-order chi connectivity index (χ0) is 9.56. The first-order chi connectivity index (χ1) is 5.63. The Morgan fingerprint density at radius 2 is 1.83 bits per heavy atom. The van der Waals surface area contributed by atoms with Crippen molar-refractivity contribution >= 4 is 0 Å². The molecule has 0 spiro atoms. The summed E-state index contributed by atoms with van der Waals surface area (Å²) in [6.45, 7) is 6.17. The highest BCUT2D eigenvalue weighted by Crippen LogP contribution is 2.08. The van der Waals surface area contributed by atoms with Crippen LogP contribution in [0.5, 0.6) is 0 Å². The Morgan fingerprint density at radius 3 is 2.17 bits per heavy atom. The monoisotopic (exact) mass is 176 g/mol. The van der Waals surface area contributed by atoms with Gasteiger partial charge in [0, 0.05) is 6.61 Å². The first kappa shape index (κ1) is 11.9. The van der Waals surface area contributed by atoms with E-state index >= 15 is 0 Å². The largest absolute Gasteiger partial charge is 0.391 e. The number of aliphatic hydroxyl groups excluding tert-OH is 2. The van der Waals surface area contributed by atoms with Gasteiger partial charge in [-0.25, -0.2) is 0 Å². The van der Waals surface area contributed by atoms with Crippen molar-refractivity contribution in [3.63, 3.8) is 0 Å². The predicted octanol–water partition coefficient (Wildman–Crippen LogP) is 0.933. The SMILES string of the molecule is CCCOC(CC)C(O)C(C)O. The molecule has 3 nitrogen and oxygen atoms in total. The zero-order valence-corrected chi connectivity index (χ0v) is 8.16. The van der Waals surface area contributed by atoms with Crippen LogP contribution in [0, 0.1) is 0 Å². The highest BCUT2D eigenvalue weighted by Gasteiger charge is 2.21. The van der Waals surface area contributed by atoms with Crippen LogP contribution in [0.25, 0.3) is 0 Å². The van der Waals surface area contributed by atoms with E-state index in [1.807, 2.05) is 13.8 Å². The molecule has 2 N–H and O–H groups in total. The maximum Gasteiger partial charge on any atom is 0.106 e. The third-order valence-electron chi connectivity index (χ3n) is 1.81. The Kier molecular flexibility index (Phi) is 6.34. The van der Waals surface area contributed by atoms with Crippen LogP contribution < -0.4 is 0 Å². The first-order valence-electron chi connectivity index (χ1n) is 4.61. The van der Waals surface area contributed by atoms with E-state index in [1.165, 1.54) is 0 Å². The quantitative estimate of drug-likeness (QED) is 0.633. The summed E-state index contributed by atoms with van der Waals surface area (Å²) in [6.07, 6.45) is -0.0481. The Bertz CT molecular complexity index is 104. The van der Waals surface area contributed by atoms with Crippen LogP contribution in [-0.2, 0) is 4.74 Å². The van der Waals surface area contributed by atoms with Gasteiger partial charge in [0.05, 0.1) is 12.2 Å². The average molecular weight is 176 g/mol. The predicted molar refractivity (Wildman–Crippen MR) is 48.0 cm³/mol. The first-order valence-corrected chi connectivity index (χ1v) is 4.61. The molecule has 0 aromatic rings. The van der Waals surface area contributed by atoms with Gasteiger partial charge in [0.2, 0.25) is 0 Å². The van der Waals surface area contributed by atoms with Crippen LogP contribution in [0.3, 0.4) is 0 Å². The van der Waals surface area contributed by atoms with E-state index in [0.29, 0.717) is 6.61 Å². The van der Waals surface area contributed by atoms with Crippen LogP contribution in [0.15, 0.2) is 0 Å². The molecule has 0 aliphatic carbocycles. The molecule has 3 heteroatoms. The highest BCUT2D eigenvalue weighted by atomic mass is 16.5. The fraction of sp³-hybridized carbons (Fsp3) is 1.00. The van der Waals surface area contributed by atoms with Gasteiger partial charge in [-0.2, -0.15) is 0 Å². The molecule has 0 fully saturated rings. The Balaban J connectivity index is 3.79. The smallest absolute Gasteiger partial charge is 0.106 e. The Labute approximate surface area is 74.4 Å². The van der Waals surface area contributed by atoms with E-state index in [-0.39, 0.29) is 6.10 Å². The number of ether oxygens (including phenoxy) is 1. The second-order valence-corrected chi connectivity index (χ2v) is 3.05. The van der Waals surface area contributed by atoms with E-state index in [2.05, 4.69) is 0 Å². The number of rotatable bonds is 6. The second-order valence-electron chi connectivity index (χ2n) is 3.05. The molecular weight excluding hydrogens is 156 g/mol. The van der Waals surface area contributed by atoms with Gasteiger partial charge in [0.25, 0.3) is 0 Å². The Hall–Kier alpha value is -0.120. The molecule has 0 amide bonds. The van der Waals surface area contributed by atoms with Gasteiger partial charge in [-0.3, -0.25) is 0 Å². The Morgan fingerprint density at radius 1 is 1.25 bits per heavy atom. The maximum atomic E-state index is 9.44. The minimum atomic E-state index is -0.762. The molecule has 0 aromatic carbocycles. The summed E-state index contributed by atoms with van der Waals surface area (Å²) < 4.78 is 5.35. The van der Waals surface area contributed by atoms with Gasteiger partial charge in [-0.05, 0) is 19.8 Å². The molecule has 0 saturated carbocycles. The van der Waals surface area contributed by atoms with Crippen LogP contribution in [0.1, 0.15) is 33.6 Å². The van der Waals surface area contributed by atoms with Crippen molar-refractivity contribution in [1.29, 1.82) is 0 Å². The highest BCUT2D eigenvalue weighted by molar-refractivity contribution is 4.72. The number of aliphatic hydroxyl groups is 2. The fourth-order valence-corrected chi connectivity index (χ4v) is 1.04. The van der Waals surface area contributed by atoms with E-state index in [4.69, 9.17) is 9.84 Å². The van der Waals surface area contributed by atoms with Crippen LogP contribution in [0.2, 0.25) is 0 Å². The normalized spacial score (nSPS) is 18.8. The van der Waals surface area contributed by atoms with E-state index in [1.54, 1.807) is 6.92 Å². The topological polar surface area (TPSA) is 49.7 Å². The third kappa shape index (κ3) is 4.04. The minimum Gasteiger partial charge on any atom is -0.391 e. The summed E-state index contributed by atoms with van der Waals surface area (Å²) in [7, 11) is 0. The standard InChI is InChI=1S/C9H20O3/c1-4-6-12-8(5-2)9(11)7(3)10/h7-11H,4-6H2,1-3H3. The molecule has 3 atom stereocenters. The molecule has 0 saturated heterocycles. The molecule has 0 heterocycles. The van der Waals surface area contributed by atoms with Crippen LogP contribution in [-0.4, -0.2) is 35.1 Å². The average Bonchev–Trinajstić information content (AvgIpc) is 2.05. The summed E-state index contributed by atoms with van der Waals surface area (Å²) in [4.78, 5) is 0. The molecule has 0 aliphatic rings. The lowest BCUT2D eigenvalue weighted by Gasteiger charge is -2.23. The lowest BCUT2D eigenvalue weighted by molar-refractivity contribution is -0.0853. The van der Waals surface area contributed by atoms with E-state index in [0.717, 1.165) is 12.8 Å². The maximum absolute atomic E-state index is 9.44. The summed E-state index contributed by atoms with van der Waals surface area (Å²) in [6, 6.07) is 0. The van der Waals surface area contributed by atoms with Crippen molar-refractivity contribution < 1.29 is 14.9 Å². The second kappa shape index (κ2) is 6.40. The van der Waals surface area contributed by atoms with Gasteiger partial charge in [-0.1, -0.05) is 13.8 Å². The van der Waals surface area contributed by atoms with Crippen LogP contribution >= 0.6 is 0 Å².